The van der Waals surface area contributed by atoms with E-state index in [1.165, 1.54) is 19.3 Å². The lowest BCUT2D eigenvalue weighted by molar-refractivity contribution is -0.0838. The van der Waals surface area contributed by atoms with Gasteiger partial charge in [0.1, 0.15) is 0 Å². The molecule has 2 N–H and O–H groups in total. The molecule has 0 radical (unpaired) electrons. The summed E-state index contributed by atoms with van der Waals surface area (Å²) in [5.74, 6) is 0.427. The third-order valence-electron chi connectivity index (χ3n) is 4.76. The van der Waals surface area contributed by atoms with Crippen LogP contribution in [-0.2, 0) is 4.74 Å². The molecule has 1 saturated heterocycles. The first kappa shape index (κ1) is 16.6. The summed E-state index contributed by atoms with van der Waals surface area (Å²) >= 11 is 0. The largest absolute Gasteiger partial charge is 0.377 e. The van der Waals surface area contributed by atoms with Gasteiger partial charge >= 0.3 is 6.03 Å². The summed E-state index contributed by atoms with van der Waals surface area (Å²) in [4.78, 5) is 12.0. The first-order valence-electron chi connectivity index (χ1n) is 8.63. The Morgan fingerprint density at radius 1 is 1.10 bits per heavy atom. The van der Waals surface area contributed by atoms with E-state index in [9.17, 15) is 4.79 Å². The van der Waals surface area contributed by atoms with Crippen molar-refractivity contribution in [1.82, 2.24) is 10.6 Å². The highest BCUT2D eigenvalue weighted by Gasteiger charge is 2.35. The van der Waals surface area contributed by atoms with Crippen LogP contribution in [-0.4, -0.2) is 31.3 Å². The predicted molar refractivity (Wildman–Crippen MR) is 85.3 cm³/mol. The fourth-order valence-corrected chi connectivity index (χ4v) is 3.72. The molecular formula is C17H32N2O2. The number of ether oxygens (including phenoxy) is 1. The van der Waals surface area contributed by atoms with Crippen LogP contribution in [0.5, 0.6) is 0 Å². The van der Waals surface area contributed by atoms with E-state index in [4.69, 9.17) is 4.74 Å². The molecule has 0 unspecified atom stereocenters. The van der Waals surface area contributed by atoms with Gasteiger partial charge in [-0.2, -0.15) is 0 Å². The molecule has 122 valence electrons. The molecule has 1 aliphatic carbocycles. The highest BCUT2D eigenvalue weighted by Crippen LogP contribution is 2.33. The summed E-state index contributed by atoms with van der Waals surface area (Å²) in [6, 6.07) is 0.375. The van der Waals surface area contributed by atoms with Gasteiger partial charge in [0, 0.05) is 25.1 Å². The summed E-state index contributed by atoms with van der Waals surface area (Å²) in [6.07, 6.45) is 8.54. The van der Waals surface area contributed by atoms with Crippen LogP contribution in [0, 0.1) is 11.3 Å². The minimum Gasteiger partial charge on any atom is -0.377 e. The molecule has 2 amide bonds. The standard InChI is InChI=1S/C17H32N2O2/c1-17(2,3)15-13(8-7-11-21-15)12-18-16(20)19-14-9-5-4-6-10-14/h13-15H,4-12H2,1-3H3,(H2,18,19,20)/t13-,15+/m1/s1. The Morgan fingerprint density at radius 2 is 1.81 bits per heavy atom. The molecule has 1 saturated carbocycles. The number of hydrogen-bond acceptors (Lipinski definition) is 2. The van der Waals surface area contributed by atoms with Gasteiger partial charge in [-0.1, -0.05) is 40.0 Å². The van der Waals surface area contributed by atoms with Gasteiger partial charge in [0.25, 0.3) is 0 Å². The maximum atomic E-state index is 12.0. The van der Waals surface area contributed by atoms with Crippen LogP contribution in [0.1, 0.15) is 65.7 Å². The maximum Gasteiger partial charge on any atom is 0.315 e. The quantitative estimate of drug-likeness (QED) is 0.838. The van der Waals surface area contributed by atoms with Crippen LogP contribution < -0.4 is 10.6 Å². The number of rotatable bonds is 3. The van der Waals surface area contributed by atoms with Crippen LogP contribution in [0.25, 0.3) is 0 Å². The predicted octanol–water partition coefficient (Wildman–Crippen LogP) is 3.46. The van der Waals surface area contributed by atoms with E-state index >= 15 is 0 Å². The van der Waals surface area contributed by atoms with Gasteiger partial charge in [-0.3, -0.25) is 0 Å². The Bertz CT molecular complexity index is 332. The third kappa shape index (κ3) is 5.17. The molecule has 0 spiro atoms. The zero-order valence-corrected chi connectivity index (χ0v) is 13.9. The van der Waals surface area contributed by atoms with Gasteiger partial charge in [0.2, 0.25) is 0 Å². The second-order valence-electron chi connectivity index (χ2n) is 7.75. The molecule has 0 aromatic rings. The Morgan fingerprint density at radius 3 is 2.48 bits per heavy atom. The van der Waals surface area contributed by atoms with Crippen molar-refractivity contribution in [2.45, 2.75) is 77.9 Å². The molecule has 2 fully saturated rings. The van der Waals surface area contributed by atoms with Crippen molar-refractivity contribution in [2.24, 2.45) is 11.3 Å². The highest BCUT2D eigenvalue weighted by atomic mass is 16.5. The average molecular weight is 296 g/mol. The number of hydrogen-bond donors (Lipinski definition) is 2. The van der Waals surface area contributed by atoms with E-state index < -0.39 is 0 Å². The number of urea groups is 1. The second-order valence-corrected chi connectivity index (χ2v) is 7.75. The van der Waals surface area contributed by atoms with Gasteiger partial charge < -0.3 is 15.4 Å². The number of amides is 2. The first-order chi connectivity index (χ1) is 9.97. The Hall–Kier alpha value is -0.770. The fourth-order valence-electron chi connectivity index (χ4n) is 3.72. The monoisotopic (exact) mass is 296 g/mol. The van der Waals surface area contributed by atoms with E-state index in [2.05, 4.69) is 31.4 Å². The van der Waals surface area contributed by atoms with Crippen molar-refractivity contribution in [3.05, 3.63) is 0 Å². The number of carbonyl (C=O) groups is 1. The first-order valence-corrected chi connectivity index (χ1v) is 8.63. The number of nitrogens with one attached hydrogen (secondary N) is 2. The molecular weight excluding hydrogens is 264 g/mol. The Balaban J connectivity index is 1.76. The van der Waals surface area contributed by atoms with Crippen LogP contribution >= 0.6 is 0 Å². The van der Waals surface area contributed by atoms with Crippen molar-refractivity contribution in [2.75, 3.05) is 13.2 Å². The minimum absolute atomic E-state index is 0.000123. The summed E-state index contributed by atoms with van der Waals surface area (Å²) in [5.41, 5.74) is 0.132. The van der Waals surface area contributed by atoms with Gasteiger partial charge in [-0.25, -0.2) is 4.79 Å². The third-order valence-corrected chi connectivity index (χ3v) is 4.76. The molecule has 2 atom stereocenters. The van der Waals surface area contributed by atoms with E-state index in [0.29, 0.717) is 12.0 Å². The van der Waals surface area contributed by atoms with E-state index in [0.717, 1.165) is 38.8 Å². The van der Waals surface area contributed by atoms with Gasteiger partial charge in [-0.15, -0.1) is 0 Å². The summed E-state index contributed by atoms with van der Waals surface area (Å²) in [7, 11) is 0. The molecule has 2 aliphatic rings. The molecule has 1 aliphatic heterocycles. The zero-order chi connectivity index (χ0) is 15.3. The molecule has 1 heterocycles. The summed E-state index contributed by atoms with van der Waals surface area (Å²) in [5, 5.41) is 6.19. The average Bonchev–Trinajstić information content (AvgIpc) is 2.45. The van der Waals surface area contributed by atoms with Crippen LogP contribution in [0.15, 0.2) is 0 Å². The SMILES string of the molecule is CC(C)(C)[C@H]1OCCC[C@@H]1CNC(=O)NC1CCCCC1. The molecule has 2 rings (SSSR count). The van der Waals surface area contributed by atoms with Crippen molar-refractivity contribution >= 4 is 6.03 Å². The van der Waals surface area contributed by atoms with Crippen molar-refractivity contribution in [1.29, 1.82) is 0 Å². The molecule has 4 nitrogen and oxygen atoms in total. The molecule has 21 heavy (non-hydrogen) atoms. The lowest BCUT2D eigenvalue weighted by Gasteiger charge is -2.40. The molecule has 0 bridgehead atoms. The van der Waals surface area contributed by atoms with Crippen LogP contribution in [0.4, 0.5) is 4.79 Å². The maximum absolute atomic E-state index is 12.0. The Kier molecular flexibility index (Phi) is 5.91. The number of carbonyl (C=O) groups excluding carboxylic acids is 1. The highest BCUT2D eigenvalue weighted by molar-refractivity contribution is 5.74. The Labute approximate surface area is 129 Å². The molecule has 0 aromatic carbocycles. The lowest BCUT2D eigenvalue weighted by atomic mass is 9.78. The summed E-state index contributed by atoms with van der Waals surface area (Å²) < 4.78 is 5.97. The smallest absolute Gasteiger partial charge is 0.315 e. The zero-order valence-electron chi connectivity index (χ0n) is 13.9. The molecule has 4 heteroatoms. The minimum atomic E-state index is 0.000123. The second kappa shape index (κ2) is 7.48. The fraction of sp³-hybridized carbons (Fsp3) is 0.941. The van der Waals surface area contributed by atoms with Crippen molar-refractivity contribution < 1.29 is 9.53 Å². The van der Waals surface area contributed by atoms with Crippen LogP contribution in [0.3, 0.4) is 0 Å². The van der Waals surface area contributed by atoms with Gasteiger partial charge in [0.05, 0.1) is 6.10 Å². The van der Waals surface area contributed by atoms with Crippen molar-refractivity contribution in [3.8, 4) is 0 Å². The topological polar surface area (TPSA) is 50.4 Å². The van der Waals surface area contributed by atoms with E-state index in [1.54, 1.807) is 0 Å². The molecule has 0 aromatic heterocycles. The van der Waals surface area contributed by atoms with Crippen LogP contribution in [0.2, 0.25) is 0 Å². The lowest BCUT2D eigenvalue weighted by Crippen LogP contribution is -2.48. The van der Waals surface area contributed by atoms with E-state index in [-0.39, 0.29) is 17.6 Å². The van der Waals surface area contributed by atoms with Gasteiger partial charge in [-0.05, 0) is 31.1 Å². The normalized spacial score (nSPS) is 28.1. The summed E-state index contributed by atoms with van der Waals surface area (Å²) in [6.45, 7) is 8.24. The van der Waals surface area contributed by atoms with E-state index in [1.807, 2.05) is 0 Å². The van der Waals surface area contributed by atoms with Crippen molar-refractivity contribution in [3.63, 3.8) is 0 Å². The van der Waals surface area contributed by atoms with Gasteiger partial charge in [0.15, 0.2) is 0 Å².